The summed E-state index contributed by atoms with van der Waals surface area (Å²) in [5.41, 5.74) is 7.71. The molecule has 116 valence electrons. The highest BCUT2D eigenvalue weighted by Crippen LogP contribution is 2.46. The summed E-state index contributed by atoms with van der Waals surface area (Å²) in [5, 5.41) is 30.6. The normalized spacial score (nSPS) is 34.7. The molecule has 2 aromatic rings. The van der Waals surface area contributed by atoms with Crippen LogP contribution in [0.2, 0.25) is 0 Å². The molecule has 22 heavy (non-hydrogen) atoms. The number of aromatic nitrogens is 4. The molecular weight excluding hydrogens is 286 g/mol. The Morgan fingerprint density at radius 1 is 1.14 bits per heavy atom. The third kappa shape index (κ3) is 1.78. The van der Waals surface area contributed by atoms with Crippen molar-refractivity contribution in [1.29, 1.82) is 0 Å². The first kappa shape index (κ1) is 13.6. The molecule has 0 saturated heterocycles. The van der Waals surface area contributed by atoms with E-state index in [1.807, 2.05) is 6.08 Å². The lowest BCUT2D eigenvalue weighted by Crippen LogP contribution is -2.30. The van der Waals surface area contributed by atoms with E-state index in [2.05, 4.69) is 15.0 Å². The van der Waals surface area contributed by atoms with E-state index >= 15 is 0 Å². The van der Waals surface area contributed by atoms with E-state index in [0.717, 1.165) is 5.57 Å². The number of imidazole rings is 1. The predicted molar refractivity (Wildman–Crippen MR) is 77.6 cm³/mol. The Balaban J connectivity index is 1.85. The minimum absolute atomic E-state index is 0.250. The molecule has 2 aliphatic rings. The fraction of sp³-hybridized carbons (Fsp3) is 0.500. The fourth-order valence-electron chi connectivity index (χ4n) is 3.65. The third-order valence-electron chi connectivity index (χ3n) is 4.69. The average molecular weight is 303 g/mol. The van der Waals surface area contributed by atoms with Gasteiger partial charge in [-0.05, 0) is 18.4 Å². The van der Waals surface area contributed by atoms with Gasteiger partial charge in [0, 0.05) is 5.92 Å². The number of anilines is 1. The Labute approximate surface area is 125 Å². The van der Waals surface area contributed by atoms with Crippen molar-refractivity contribution in [1.82, 2.24) is 19.5 Å². The summed E-state index contributed by atoms with van der Waals surface area (Å²) in [6.07, 6.45) is 3.41. The van der Waals surface area contributed by atoms with Crippen LogP contribution in [0.1, 0.15) is 18.9 Å². The van der Waals surface area contributed by atoms with E-state index in [4.69, 9.17) is 5.73 Å². The van der Waals surface area contributed by atoms with Crippen molar-refractivity contribution >= 4 is 17.0 Å². The van der Waals surface area contributed by atoms with Crippen LogP contribution in [0.15, 0.2) is 24.3 Å². The molecule has 0 aliphatic heterocycles. The predicted octanol–water partition coefficient (Wildman–Crippen LogP) is -0.618. The van der Waals surface area contributed by atoms with Crippen LogP contribution in [0.5, 0.6) is 0 Å². The number of aliphatic hydroxyl groups is 3. The molecule has 8 nitrogen and oxygen atoms in total. The van der Waals surface area contributed by atoms with Crippen LogP contribution in [-0.2, 0) is 0 Å². The number of hydrogen-bond acceptors (Lipinski definition) is 7. The first-order chi connectivity index (χ1) is 10.6. The molecule has 2 aromatic heterocycles. The van der Waals surface area contributed by atoms with Crippen molar-refractivity contribution < 1.29 is 15.3 Å². The van der Waals surface area contributed by atoms with E-state index in [1.54, 1.807) is 10.9 Å². The van der Waals surface area contributed by atoms with Gasteiger partial charge < -0.3 is 25.6 Å². The Morgan fingerprint density at radius 2 is 1.95 bits per heavy atom. The topological polar surface area (TPSA) is 130 Å². The van der Waals surface area contributed by atoms with Crippen molar-refractivity contribution in [3.8, 4) is 0 Å². The first-order valence-electron chi connectivity index (χ1n) is 7.25. The molecular formula is C14H17N5O3. The van der Waals surface area contributed by atoms with Crippen LogP contribution >= 0.6 is 0 Å². The Hall–Kier alpha value is -2.03. The van der Waals surface area contributed by atoms with Gasteiger partial charge in [-0.1, -0.05) is 6.08 Å². The highest BCUT2D eigenvalue weighted by atomic mass is 16.3. The van der Waals surface area contributed by atoms with Crippen LogP contribution < -0.4 is 5.73 Å². The molecule has 2 heterocycles. The van der Waals surface area contributed by atoms with Crippen LogP contribution in [0.25, 0.3) is 11.2 Å². The van der Waals surface area contributed by atoms with Crippen molar-refractivity contribution in [2.75, 3.05) is 5.73 Å². The van der Waals surface area contributed by atoms with Crippen molar-refractivity contribution in [2.24, 2.45) is 5.92 Å². The average Bonchev–Trinajstić information content (AvgIpc) is 3.02. The molecule has 0 spiro atoms. The van der Waals surface area contributed by atoms with Crippen LogP contribution in [0.3, 0.4) is 0 Å². The minimum Gasteiger partial charge on any atom is -0.393 e. The molecule has 4 rings (SSSR count). The van der Waals surface area contributed by atoms with E-state index in [0.29, 0.717) is 24.0 Å². The van der Waals surface area contributed by atoms with Gasteiger partial charge in [0.25, 0.3) is 0 Å². The lowest BCUT2D eigenvalue weighted by molar-refractivity contribution is -0.00306. The number of hydrogen-bond donors (Lipinski definition) is 4. The van der Waals surface area contributed by atoms with Crippen molar-refractivity contribution in [3.05, 3.63) is 24.3 Å². The van der Waals surface area contributed by atoms with Gasteiger partial charge in [0.15, 0.2) is 11.5 Å². The zero-order valence-corrected chi connectivity index (χ0v) is 11.7. The van der Waals surface area contributed by atoms with Crippen molar-refractivity contribution in [3.63, 3.8) is 0 Å². The van der Waals surface area contributed by atoms with Crippen LogP contribution in [0, 0.1) is 5.92 Å². The molecule has 0 aromatic carbocycles. The Morgan fingerprint density at radius 3 is 2.77 bits per heavy atom. The number of fused-ring (bicyclic) bond motifs is 2. The zero-order chi connectivity index (χ0) is 15.4. The molecule has 2 aliphatic carbocycles. The van der Waals surface area contributed by atoms with Gasteiger partial charge in [0.2, 0.25) is 0 Å². The molecule has 0 unspecified atom stereocenters. The van der Waals surface area contributed by atoms with E-state index in [1.165, 1.54) is 6.33 Å². The van der Waals surface area contributed by atoms with E-state index in [9.17, 15) is 15.3 Å². The summed E-state index contributed by atoms with van der Waals surface area (Å²) in [6.45, 7) is 0. The molecule has 8 heteroatoms. The second-order valence-corrected chi connectivity index (χ2v) is 5.94. The largest absolute Gasteiger partial charge is 0.393 e. The second-order valence-electron chi connectivity index (χ2n) is 5.94. The minimum atomic E-state index is -0.977. The molecule has 1 fully saturated rings. The first-order valence-corrected chi connectivity index (χ1v) is 7.25. The molecule has 1 saturated carbocycles. The maximum atomic E-state index is 10.5. The standard InChI is InChI=1S/C14H17N5O3/c15-13-9-14(17-4-16-13)19(5-18-9)10-7-2-1-6(20)3-8(7)11(21)12(10)22/h2,4-6,8,10-12,20-22H,1,3H2,(H2,15,16,17)/t6-,8+,10-,11-,12+/m1/s1. The van der Waals surface area contributed by atoms with Crippen molar-refractivity contribution in [2.45, 2.75) is 37.2 Å². The van der Waals surface area contributed by atoms with Gasteiger partial charge in [-0.25, -0.2) is 15.0 Å². The number of aliphatic hydroxyl groups excluding tert-OH is 3. The van der Waals surface area contributed by atoms with Crippen LogP contribution in [-0.4, -0.2) is 53.2 Å². The Kier molecular flexibility index (Phi) is 2.93. The summed E-state index contributed by atoms with van der Waals surface area (Å²) in [5.74, 6) is 0.0294. The summed E-state index contributed by atoms with van der Waals surface area (Å²) in [7, 11) is 0. The van der Waals surface area contributed by atoms with E-state index in [-0.39, 0.29) is 11.7 Å². The molecule has 0 bridgehead atoms. The molecule has 0 radical (unpaired) electrons. The Bertz CT molecular complexity index is 758. The zero-order valence-electron chi connectivity index (χ0n) is 11.7. The number of nitrogens with zero attached hydrogens (tertiary/aromatic N) is 4. The molecule has 0 amide bonds. The fourth-order valence-corrected chi connectivity index (χ4v) is 3.65. The highest BCUT2D eigenvalue weighted by molar-refractivity contribution is 5.81. The van der Waals surface area contributed by atoms with Gasteiger partial charge in [0.1, 0.15) is 17.9 Å². The third-order valence-corrected chi connectivity index (χ3v) is 4.69. The summed E-state index contributed by atoms with van der Waals surface area (Å²) in [6, 6.07) is -0.452. The van der Waals surface area contributed by atoms with Gasteiger partial charge in [-0.15, -0.1) is 0 Å². The van der Waals surface area contributed by atoms with Gasteiger partial charge in [-0.2, -0.15) is 0 Å². The van der Waals surface area contributed by atoms with E-state index < -0.39 is 24.4 Å². The quantitative estimate of drug-likeness (QED) is 0.516. The van der Waals surface area contributed by atoms with Crippen LogP contribution in [0.4, 0.5) is 5.82 Å². The summed E-state index contributed by atoms with van der Waals surface area (Å²) >= 11 is 0. The summed E-state index contributed by atoms with van der Waals surface area (Å²) in [4.78, 5) is 12.3. The molecule has 5 atom stereocenters. The van der Waals surface area contributed by atoms with Gasteiger partial charge >= 0.3 is 0 Å². The maximum absolute atomic E-state index is 10.5. The SMILES string of the molecule is Nc1ncnc2c1ncn2[C@@H]1C2=CC[C@@H](O)C[C@@H]2[C@@H](O)[C@H]1O. The van der Waals surface area contributed by atoms with Gasteiger partial charge in [0.05, 0.1) is 24.6 Å². The number of nitrogen functional groups attached to an aromatic ring is 1. The molecule has 5 N–H and O–H groups in total. The summed E-state index contributed by atoms with van der Waals surface area (Å²) < 4.78 is 1.73. The smallest absolute Gasteiger partial charge is 0.166 e. The second kappa shape index (κ2) is 4.73. The lowest BCUT2D eigenvalue weighted by atomic mass is 9.86. The maximum Gasteiger partial charge on any atom is 0.166 e. The highest BCUT2D eigenvalue weighted by Gasteiger charge is 2.48. The lowest BCUT2D eigenvalue weighted by Gasteiger charge is -2.25. The monoisotopic (exact) mass is 303 g/mol. The van der Waals surface area contributed by atoms with Gasteiger partial charge in [-0.3, -0.25) is 0 Å². The number of nitrogens with two attached hydrogens (primary N) is 1. The number of rotatable bonds is 1.